The van der Waals surface area contributed by atoms with Crippen LogP contribution in [0.15, 0.2) is 425 Å². The van der Waals surface area contributed by atoms with E-state index < -0.39 is 0 Å². The van der Waals surface area contributed by atoms with E-state index in [1.165, 1.54) is 109 Å². The SMILES string of the molecule is c1ccc(N(c2ccc(-c3nc4ccccc4nc3-c3ccc(N(c4ccccc4)c4ccc(-n5c6ccc(-c7ccc8ccccc8c7)cc6c6cc(-c7ccc8ccccc8c7)ccc65)cc4)cc3)cc2)c2ccc(-n3c4ccc(-c5ccc6ccccc6c5)cc4c4cc(-c5ccc6ccccc6c5)ccc43)cc2)cc1. The molecule has 0 aliphatic heterocycles. The lowest BCUT2D eigenvalue weighted by molar-refractivity contribution is 1.17. The molecule has 0 saturated heterocycles. The molecule has 0 spiro atoms. The fourth-order valence-electron chi connectivity index (χ4n) is 17.3. The Kier molecular flexibility index (Phi) is 15.8. The molecular formula is C108H70N6. The van der Waals surface area contributed by atoms with E-state index in [0.717, 1.165) is 101 Å². The molecule has 0 unspecified atom stereocenters. The van der Waals surface area contributed by atoms with Crippen molar-refractivity contribution in [3.8, 4) is 78.4 Å². The summed E-state index contributed by atoms with van der Waals surface area (Å²) in [6, 6.07) is 155. The van der Waals surface area contributed by atoms with Gasteiger partial charge in [-0.3, -0.25) is 0 Å². The van der Waals surface area contributed by atoms with Crippen LogP contribution in [-0.4, -0.2) is 19.1 Å². The average Bonchev–Trinajstić information content (AvgIpc) is 1.58. The van der Waals surface area contributed by atoms with Gasteiger partial charge < -0.3 is 18.9 Å². The number of benzene rings is 19. The molecule has 114 heavy (non-hydrogen) atoms. The monoisotopic (exact) mass is 1450 g/mol. The van der Waals surface area contributed by atoms with E-state index in [2.05, 4.69) is 431 Å². The van der Waals surface area contributed by atoms with Crippen LogP contribution in [0.5, 0.6) is 0 Å². The van der Waals surface area contributed by atoms with Gasteiger partial charge in [0, 0.05) is 78.2 Å². The number of hydrogen-bond donors (Lipinski definition) is 0. The lowest BCUT2D eigenvalue weighted by atomic mass is 9.98. The third-order valence-corrected chi connectivity index (χ3v) is 23.0. The van der Waals surface area contributed by atoms with Crippen molar-refractivity contribution in [1.82, 2.24) is 19.1 Å². The maximum absolute atomic E-state index is 5.44. The first-order chi connectivity index (χ1) is 56.4. The van der Waals surface area contributed by atoms with E-state index >= 15 is 0 Å². The van der Waals surface area contributed by atoms with Crippen LogP contribution >= 0.6 is 0 Å². The molecule has 0 bridgehead atoms. The Hall–Kier alpha value is -15.2. The maximum atomic E-state index is 5.44. The topological polar surface area (TPSA) is 42.1 Å². The summed E-state index contributed by atoms with van der Waals surface area (Å²) in [5, 5.41) is 14.7. The third-order valence-electron chi connectivity index (χ3n) is 23.0. The standard InChI is InChI=1S/C108H70N6/c1-3-25-89(26-4-1)111(93-51-55-95(56-52-93)113-103-59-43-85(81-35-31-71-17-7-11-21-77(71)63-81)67-97(103)98-68-86(44-60-104(98)113)82-36-32-72-18-8-12-22-78(72)64-82)91-47-39-75(40-48-91)107-108(110-102-30-16-15-29-101(102)109-107)76-41-49-92(50-42-76)112(90-27-5-2-6-28-90)94-53-57-96(58-54-94)114-105-61-45-87(83-37-33-73-19-9-13-23-79(73)65-83)69-99(105)100-70-88(46-62-106(100)114)84-38-34-74-20-10-14-24-80(74)66-84/h1-70H. The zero-order valence-electron chi connectivity index (χ0n) is 62.1. The zero-order chi connectivity index (χ0) is 75.2. The van der Waals surface area contributed by atoms with E-state index in [9.17, 15) is 0 Å². The van der Waals surface area contributed by atoms with Crippen LogP contribution in [0.25, 0.3) is 176 Å². The van der Waals surface area contributed by atoms with E-state index in [1.54, 1.807) is 0 Å². The molecule has 0 N–H and O–H groups in total. The summed E-state index contributed by atoms with van der Waals surface area (Å²) in [7, 11) is 0. The predicted molar refractivity (Wildman–Crippen MR) is 480 cm³/mol. The van der Waals surface area contributed by atoms with Crippen LogP contribution < -0.4 is 9.80 Å². The Labute approximate surface area is 659 Å². The van der Waals surface area contributed by atoms with Crippen LogP contribution in [0.3, 0.4) is 0 Å². The minimum absolute atomic E-state index is 0.805. The Bertz CT molecular complexity index is 6790. The van der Waals surface area contributed by atoms with Crippen molar-refractivity contribution in [3.05, 3.63) is 425 Å². The molecule has 532 valence electrons. The first kappa shape index (κ1) is 65.8. The smallest absolute Gasteiger partial charge is 0.0973 e. The van der Waals surface area contributed by atoms with Gasteiger partial charge in [0.2, 0.25) is 0 Å². The predicted octanol–water partition coefficient (Wildman–Crippen LogP) is 29.4. The quantitative estimate of drug-likeness (QED) is 0.109. The normalized spacial score (nSPS) is 11.7. The highest BCUT2D eigenvalue weighted by atomic mass is 15.1. The molecule has 0 saturated carbocycles. The van der Waals surface area contributed by atoms with E-state index in [0.29, 0.717) is 0 Å². The van der Waals surface area contributed by atoms with Crippen LogP contribution in [0.1, 0.15) is 0 Å². The molecule has 0 fully saturated rings. The van der Waals surface area contributed by atoms with Gasteiger partial charge in [0.1, 0.15) is 0 Å². The van der Waals surface area contributed by atoms with E-state index in [-0.39, 0.29) is 0 Å². The van der Waals surface area contributed by atoms with Crippen molar-refractivity contribution < 1.29 is 0 Å². The van der Waals surface area contributed by atoms with Crippen LogP contribution in [0.4, 0.5) is 34.1 Å². The molecule has 6 nitrogen and oxygen atoms in total. The molecule has 0 radical (unpaired) electrons. The lowest BCUT2D eigenvalue weighted by Crippen LogP contribution is -2.10. The summed E-state index contributed by atoms with van der Waals surface area (Å²) in [6.07, 6.45) is 0. The van der Waals surface area contributed by atoms with Gasteiger partial charge in [0.15, 0.2) is 0 Å². The summed E-state index contributed by atoms with van der Waals surface area (Å²) in [4.78, 5) is 15.5. The molecule has 0 amide bonds. The van der Waals surface area contributed by atoms with Crippen molar-refractivity contribution in [2.75, 3.05) is 9.80 Å². The molecule has 19 aromatic carbocycles. The van der Waals surface area contributed by atoms with Gasteiger partial charge in [0.05, 0.1) is 44.5 Å². The van der Waals surface area contributed by atoms with Gasteiger partial charge in [-0.05, 0) is 270 Å². The summed E-state index contributed by atoms with van der Waals surface area (Å²) in [5.74, 6) is 0. The number of para-hydroxylation sites is 4. The second-order valence-electron chi connectivity index (χ2n) is 29.7. The third kappa shape index (κ3) is 11.7. The molecule has 22 aromatic rings. The number of rotatable bonds is 14. The van der Waals surface area contributed by atoms with Gasteiger partial charge in [0.25, 0.3) is 0 Å². The van der Waals surface area contributed by atoms with Crippen molar-refractivity contribution in [2.45, 2.75) is 0 Å². The minimum Gasteiger partial charge on any atom is -0.311 e. The summed E-state index contributed by atoms with van der Waals surface area (Å²) >= 11 is 0. The second-order valence-corrected chi connectivity index (χ2v) is 29.7. The molecule has 0 aliphatic rings. The van der Waals surface area contributed by atoms with E-state index in [1.807, 2.05) is 12.1 Å². The van der Waals surface area contributed by atoms with Gasteiger partial charge in [-0.15, -0.1) is 0 Å². The van der Waals surface area contributed by atoms with Gasteiger partial charge in [-0.1, -0.05) is 243 Å². The Morgan fingerprint density at radius 1 is 0.167 bits per heavy atom. The number of anilines is 6. The number of fused-ring (bicyclic) bond motifs is 11. The second kappa shape index (κ2) is 27.4. The number of nitrogens with zero attached hydrogens (tertiary/aromatic N) is 6. The van der Waals surface area contributed by atoms with Crippen LogP contribution in [-0.2, 0) is 0 Å². The number of hydrogen-bond acceptors (Lipinski definition) is 4. The highest BCUT2D eigenvalue weighted by molar-refractivity contribution is 6.14. The zero-order valence-corrected chi connectivity index (χ0v) is 62.1. The Morgan fingerprint density at radius 3 is 0.675 bits per heavy atom. The van der Waals surface area contributed by atoms with Crippen LogP contribution in [0.2, 0.25) is 0 Å². The van der Waals surface area contributed by atoms with E-state index in [4.69, 9.17) is 9.97 Å². The maximum Gasteiger partial charge on any atom is 0.0973 e. The van der Waals surface area contributed by atoms with Crippen LogP contribution in [0, 0.1) is 0 Å². The molecule has 3 heterocycles. The Morgan fingerprint density at radius 2 is 0.386 bits per heavy atom. The molecule has 0 atom stereocenters. The highest BCUT2D eigenvalue weighted by Gasteiger charge is 2.23. The first-order valence-corrected chi connectivity index (χ1v) is 39.0. The van der Waals surface area contributed by atoms with Crippen molar-refractivity contribution in [1.29, 1.82) is 0 Å². The van der Waals surface area contributed by atoms with Gasteiger partial charge in [-0.2, -0.15) is 0 Å². The van der Waals surface area contributed by atoms with Crippen molar-refractivity contribution >= 4 is 132 Å². The summed E-state index contributed by atoms with van der Waals surface area (Å²) in [5.41, 5.74) is 27.6. The fraction of sp³-hybridized carbons (Fsp3) is 0. The molecule has 3 aromatic heterocycles. The van der Waals surface area contributed by atoms with Gasteiger partial charge in [-0.25, -0.2) is 9.97 Å². The highest BCUT2D eigenvalue weighted by Crippen LogP contribution is 2.45. The molecular weight excluding hydrogens is 1380 g/mol. The molecule has 6 heteroatoms. The van der Waals surface area contributed by atoms with Gasteiger partial charge >= 0.3 is 0 Å². The minimum atomic E-state index is 0.805. The molecule has 22 rings (SSSR count). The Balaban J connectivity index is 0.593. The van der Waals surface area contributed by atoms with Crippen molar-refractivity contribution in [3.63, 3.8) is 0 Å². The lowest BCUT2D eigenvalue weighted by Gasteiger charge is -2.26. The average molecular weight is 1450 g/mol. The largest absolute Gasteiger partial charge is 0.311 e. The van der Waals surface area contributed by atoms with Crippen molar-refractivity contribution in [2.24, 2.45) is 0 Å². The first-order valence-electron chi connectivity index (χ1n) is 39.0. The number of aromatic nitrogens is 4. The summed E-state index contributed by atoms with van der Waals surface area (Å²) in [6.45, 7) is 0. The molecule has 0 aliphatic carbocycles. The fourth-order valence-corrected chi connectivity index (χ4v) is 17.3. The summed E-state index contributed by atoms with van der Waals surface area (Å²) < 4.78 is 4.85.